The van der Waals surface area contributed by atoms with Crippen LogP contribution in [0.15, 0.2) is 0 Å². The summed E-state index contributed by atoms with van der Waals surface area (Å²) in [6.45, 7) is 3.31. The van der Waals surface area contributed by atoms with Crippen molar-refractivity contribution < 1.29 is 4.74 Å². The van der Waals surface area contributed by atoms with E-state index >= 15 is 0 Å². The summed E-state index contributed by atoms with van der Waals surface area (Å²) in [6.07, 6.45) is 6.34. The Bertz CT molecular complexity index is 153. The Morgan fingerprint density at radius 1 is 1.08 bits per heavy atom. The van der Waals surface area contributed by atoms with Gasteiger partial charge in [-0.2, -0.15) is 0 Å². The zero-order valence-electron chi connectivity index (χ0n) is 8.15. The highest BCUT2D eigenvalue weighted by Gasteiger charge is 2.44. The molecule has 1 spiro atoms. The molecular weight excluding hydrogens is 150 g/mol. The summed E-state index contributed by atoms with van der Waals surface area (Å²) < 4.78 is 5.67. The lowest BCUT2D eigenvalue weighted by Gasteiger charge is -2.49. The number of rotatable bonds is 1. The number of hydrogen-bond donors (Lipinski definition) is 1. The predicted octanol–water partition coefficient (Wildman–Crippen LogP) is 1.70. The molecule has 2 heteroatoms. The summed E-state index contributed by atoms with van der Waals surface area (Å²) in [5.41, 5.74) is 0.695. The summed E-state index contributed by atoms with van der Waals surface area (Å²) in [4.78, 5) is 0. The van der Waals surface area contributed by atoms with E-state index in [0.29, 0.717) is 11.1 Å². The van der Waals surface area contributed by atoms with Crippen LogP contribution in [0.5, 0.6) is 0 Å². The molecule has 2 aliphatic rings. The summed E-state index contributed by atoms with van der Waals surface area (Å²) in [5.74, 6) is 0. The molecule has 1 saturated carbocycles. The summed E-state index contributed by atoms with van der Waals surface area (Å²) in [6, 6.07) is 0. The molecule has 0 unspecified atom stereocenters. The molecule has 2 nitrogen and oxygen atoms in total. The van der Waals surface area contributed by atoms with Crippen LogP contribution in [-0.2, 0) is 4.74 Å². The van der Waals surface area contributed by atoms with Gasteiger partial charge in [-0.15, -0.1) is 0 Å². The molecule has 1 aliphatic heterocycles. The second kappa shape index (κ2) is 2.71. The molecule has 0 radical (unpaired) electrons. The largest absolute Gasteiger partial charge is 0.375 e. The van der Waals surface area contributed by atoms with Crippen LogP contribution in [0, 0.1) is 0 Å². The maximum atomic E-state index is 5.67. The lowest BCUT2D eigenvalue weighted by atomic mass is 9.72. The maximum absolute atomic E-state index is 5.67. The third kappa shape index (κ3) is 1.27. The Labute approximate surface area is 74.7 Å². The molecule has 1 aliphatic carbocycles. The van der Waals surface area contributed by atoms with E-state index in [1.807, 2.05) is 0 Å². The van der Waals surface area contributed by atoms with Crippen LogP contribution in [0.1, 0.15) is 39.0 Å². The normalized spacial score (nSPS) is 47.5. The van der Waals surface area contributed by atoms with Gasteiger partial charge in [-0.25, -0.2) is 0 Å². The van der Waals surface area contributed by atoms with Gasteiger partial charge in [0.15, 0.2) is 0 Å². The molecule has 1 N–H and O–H groups in total. The van der Waals surface area contributed by atoms with Crippen molar-refractivity contribution >= 4 is 0 Å². The molecule has 1 heterocycles. The predicted molar refractivity (Wildman–Crippen MR) is 49.2 cm³/mol. The van der Waals surface area contributed by atoms with E-state index in [2.05, 4.69) is 19.3 Å². The summed E-state index contributed by atoms with van der Waals surface area (Å²) in [7, 11) is 2.07. The number of hydrogen-bond acceptors (Lipinski definition) is 2. The van der Waals surface area contributed by atoms with E-state index in [9.17, 15) is 0 Å². The lowest BCUT2D eigenvalue weighted by molar-refractivity contribution is -0.172. The monoisotopic (exact) mass is 169 g/mol. The van der Waals surface area contributed by atoms with Crippen LogP contribution in [0.4, 0.5) is 0 Å². The zero-order valence-corrected chi connectivity index (χ0v) is 8.15. The van der Waals surface area contributed by atoms with Crippen molar-refractivity contribution in [2.75, 3.05) is 13.7 Å². The van der Waals surface area contributed by atoms with Gasteiger partial charge in [0, 0.05) is 5.54 Å². The highest BCUT2D eigenvalue weighted by atomic mass is 16.5. The van der Waals surface area contributed by atoms with Crippen LogP contribution in [0.3, 0.4) is 0 Å². The third-order valence-corrected chi connectivity index (χ3v) is 3.83. The van der Waals surface area contributed by atoms with E-state index in [1.165, 1.54) is 32.1 Å². The smallest absolute Gasteiger partial charge is 0.0705 e. The second-order valence-electron chi connectivity index (χ2n) is 4.59. The molecule has 70 valence electrons. The quantitative estimate of drug-likeness (QED) is 0.645. The highest BCUT2D eigenvalue weighted by Crippen LogP contribution is 2.43. The van der Waals surface area contributed by atoms with Crippen LogP contribution in [0.25, 0.3) is 0 Å². The SMILES string of the molecule is CNC1(C)CCC2(CCO2)CC1. The average Bonchev–Trinajstić information content (AvgIpc) is 2.04. The fourth-order valence-electron chi connectivity index (χ4n) is 2.29. The van der Waals surface area contributed by atoms with Crippen LogP contribution in [-0.4, -0.2) is 24.8 Å². The van der Waals surface area contributed by atoms with Crippen LogP contribution >= 0.6 is 0 Å². The van der Waals surface area contributed by atoms with Gasteiger partial charge < -0.3 is 10.1 Å². The highest BCUT2D eigenvalue weighted by molar-refractivity contribution is 4.98. The number of nitrogens with one attached hydrogen (secondary N) is 1. The molecule has 12 heavy (non-hydrogen) atoms. The molecule has 0 aromatic heterocycles. The Morgan fingerprint density at radius 3 is 2.00 bits per heavy atom. The lowest BCUT2D eigenvalue weighted by Crippen LogP contribution is -2.53. The minimum Gasteiger partial charge on any atom is -0.375 e. The van der Waals surface area contributed by atoms with Gasteiger partial charge in [0.1, 0.15) is 0 Å². The summed E-state index contributed by atoms with van der Waals surface area (Å²) in [5, 5.41) is 3.41. The van der Waals surface area contributed by atoms with Crippen molar-refractivity contribution in [3.63, 3.8) is 0 Å². The fourth-order valence-corrected chi connectivity index (χ4v) is 2.29. The van der Waals surface area contributed by atoms with Gasteiger partial charge in [0.2, 0.25) is 0 Å². The zero-order chi connectivity index (χ0) is 8.66. The summed E-state index contributed by atoms with van der Waals surface area (Å²) >= 11 is 0. The van der Waals surface area contributed by atoms with E-state index in [4.69, 9.17) is 4.74 Å². The van der Waals surface area contributed by atoms with Crippen molar-refractivity contribution in [3.05, 3.63) is 0 Å². The third-order valence-electron chi connectivity index (χ3n) is 3.83. The van der Waals surface area contributed by atoms with Gasteiger partial charge in [-0.1, -0.05) is 0 Å². The first-order valence-electron chi connectivity index (χ1n) is 5.01. The first kappa shape index (κ1) is 8.52. The second-order valence-corrected chi connectivity index (χ2v) is 4.59. The van der Waals surface area contributed by atoms with Crippen molar-refractivity contribution in [2.45, 2.75) is 50.2 Å². The molecule has 0 amide bonds. The molecule has 0 atom stereocenters. The Kier molecular flexibility index (Phi) is 1.92. The van der Waals surface area contributed by atoms with E-state index < -0.39 is 0 Å². The van der Waals surface area contributed by atoms with Gasteiger partial charge in [0.25, 0.3) is 0 Å². The van der Waals surface area contributed by atoms with Crippen molar-refractivity contribution in [3.8, 4) is 0 Å². The first-order chi connectivity index (χ1) is 5.68. The molecule has 2 rings (SSSR count). The van der Waals surface area contributed by atoms with E-state index in [0.717, 1.165) is 6.61 Å². The van der Waals surface area contributed by atoms with Gasteiger partial charge in [-0.3, -0.25) is 0 Å². The maximum Gasteiger partial charge on any atom is 0.0705 e. The minimum atomic E-state index is 0.316. The minimum absolute atomic E-state index is 0.316. The van der Waals surface area contributed by atoms with Crippen molar-refractivity contribution in [1.29, 1.82) is 0 Å². The number of ether oxygens (including phenoxy) is 1. The molecule has 0 aromatic rings. The van der Waals surface area contributed by atoms with Crippen LogP contribution < -0.4 is 5.32 Å². The molecule has 0 aromatic carbocycles. The standard InChI is InChI=1S/C10H19NO/c1-9(11-2)3-5-10(6-4-9)7-8-12-10/h11H,3-8H2,1-2H3. The Morgan fingerprint density at radius 2 is 1.67 bits per heavy atom. The van der Waals surface area contributed by atoms with E-state index in [-0.39, 0.29) is 0 Å². The molecule has 2 fully saturated rings. The van der Waals surface area contributed by atoms with Gasteiger partial charge >= 0.3 is 0 Å². The average molecular weight is 169 g/mol. The molecular formula is C10H19NO. The molecule has 1 saturated heterocycles. The van der Waals surface area contributed by atoms with E-state index in [1.54, 1.807) is 0 Å². The topological polar surface area (TPSA) is 21.3 Å². The van der Waals surface area contributed by atoms with Crippen molar-refractivity contribution in [1.82, 2.24) is 5.32 Å². The Balaban J connectivity index is 1.92. The Hall–Kier alpha value is -0.0800. The van der Waals surface area contributed by atoms with Gasteiger partial charge in [0.05, 0.1) is 12.2 Å². The molecule has 0 bridgehead atoms. The first-order valence-corrected chi connectivity index (χ1v) is 5.01. The van der Waals surface area contributed by atoms with Gasteiger partial charge in [-0.05, 0) is 46.1 Å². The fraction of sp³-hybridized carbons (Fsp3) is 1.00. The van der Waals surface area contributed by atoms with Crippen LogP contribution in [0.2, 0.25) is 0 Å². The van der Waals surface area contributed by atoms with Crippen molar-refractivity contribution in [2.24, 2.45) is 0 Å².